The molecule has 1 aromatic heterocycles. The maximum absolute atomic E-state index is 14.3. The standard InChI is InChI=1S/C34H28N4O3/c1-20-16-17-23(18-21(20)2)35-32(39)25-13-7-9-15-28(25)38-33(40)29-19-26-24-12-6-8-14-27(24)36-30(26)31(37(29)34(38)41)22-10-4-3-5-11-22/h3-18,29,31,36H,19H2,1-2H3,(H,35,39)/t29-,31-/m0/s1. The molecule has 4 aromatic carbocycles. The zero-order valence-corrected chi connectivity index (χ0v) is 22.7. The molecule has 7 heteroatoms. The molecule has 7 rings (SSSR count). The Labute approximate surface area is 237 Å². The summed E-state index contributed by atoms with van der Waals surface area (Å²) in [6.07, 6.45) is 0.390. The van der Waals surface area contributed by atoms with Crippen LogP contribution >= 0.6 is 0 Å². The number of carbonyl (C=O) groups is 3. The van der Waals surface area contributed by atoms with Gasteiger partial charge < -0.3 is 10.3 Å². The molecule has 0 spiro atoms. The van der Waals surface area contributed by atoms with Crippen molar-refractivity contribution in [1.82, 2.24) is 9.88 Å². The van der Waals surface area contributed by atoms with Crippen LogP contribution in [0.25, 0.3) is 10.9 Å². The average Bonchev–Trinajstić information content (AvgIpc) is 3.48. The molecule has 5 aromatic rings. The molecule has 0 aliphatic carbocycles. The fourth-order valence-corrected chi connectivity index (χ4v) is 6.16. The first kappa shape index (κ1) is 24.8. The molecule has 0 saturated carbocycles. The number of fused-ring (bicyclic) bond motifs is 4. The van der Waals surface area contributed by atoms with E-state index in [1.54, 1.807) is 29.2 Å². The minimum absolute atomic E-state index is 0.257. The first-order valence-corrected chi connectivity index (χ1v) is 13.7. The lowest BCUT2D eigenvalue weighted by Gasteiger charge is -2.36. The van der Waals surface area contributed by atoms with Gasteiger partial charge in [0.15, 0.2) is 0 Å². The monoisotopic (exact) mass is 540 g/mol. The van der Waals surface area contributed by atoms with E-state index in [9.17, 15) is 14.4 Å². The van der Waals surface area contributed by atoms with Crippen LogP contribution in [0.2, 0.25) is 0 Å². The van der Waals surface area contributed by atoms with E-state index < -0.39 is 18.1 Å². The topological polar surface area (TPSA) is 85.5 Å². The van der Waals surface area contributed by atoms with E-state index in [1.807, 2.05) is 86.6 Å². The summed E-state index contributed by atoms with van der Waals surface area (Å²) in [7, 11) is 0. The molecule has 7 nitrogen and oxygen atoms in total. The van der Waals surface area contributed by atoms with Gasteiger partial charge >= 0.3 is 6.03 Å². The predicted octanol–water partition coefficient (Wildman–Crippen LogP) is 6.52. The molecular weight excluding hydrogens is 512 g/mol. The van der Waals surface area contributed by atoms with Gasteiger partial charge in [0.2, 0.25) is 0 Å². The highest BCUT2D eigenvalue weighted by atomic mass is 16.2. The van der Waals surface area contributed by atoms with Gasteiger partial charge in [-0.05, 0) is 66.4 Å². The van der Waals surface area contributed by atoms with Gasteiger partial charge in [0.1, 0.15) is 12.1 Å². The number of hydrogen-bond acceptors (Lipinski definition) is 3. The molecule has 0 radical (unpaired) electrons. The van der Waals surface area contributed by atoms with E-state index in [0.29, 0.717) is 12.1 Å². The molecule has 1 saturated heterocycles. The van der Waals surface area contributed by atoms with E-state index >= 15 is 0 Å². The largest absolute Gasteiger partial charge is 0.356 e. The quantitative estimate of drug-likeness (QED) is 0.255. The zero-order valence-electron chi connectivity index (χ0n) is 22.7. The van der Waals surface area contributed by atoms with Crippen LogP contribution in [0.15, 0.2) is 97.1 Å². The van der Waals surface area contributed by atoms with Crippen LogP contribution in [0.1, 0.15) is 44.3 Å². The number of aryl methyl sites for hydroxylation is 2. The van der Waals surface area contributed by atoms with Crippen molar-refractivity contribution in [2.75, 3.05) is 10.2 Å². The molecule has 202 valence electrons. The fraction of sp³-hybridized carbons (Fsp3) is 0.147. The van der Waals surface area contributed by atoms with Crippen molar-refractivity contribution in [3.8, 4) is 0 Å². The van der Waals surface area contributed by atoms with E-state index in [2.05, 4.69) is 10.3 Å². The summed E-state index contributed by atoms with van der Waals surface area (Å²) in [6.45, 7) is 4.00. The Bertz CT molecular complexity index is 1860. The maximum Gasteiger partial charge on any atom is 0.332 e. The Hall–Kier alpha value is -5.17. The van der Waals surface area contributed by atoms with Crippen LogP contribution in [0.4, 0.5) is 16.2 Å². The number of amides is 4. The lowest BCUT2D eigenvalue weighted by molar-refractivity contribution is -0.120. The number of para-hydroxylation sites is 2. The molecule has 0 unspecified atom stereocenters. The molecule has 2 aliphatic heterocycles. The normalized spacial score (nSPS) is 18.0. The third-order valence-electron chi connectivity index (χ3n) is 8.32. The smallest absolute Gasteiger partial charge is 0.332 e. The highest BCUT2D eigenvalue weighted by molar-refractivity contribution is 6.24. The second-order valence-corrected chi connectivity index (χ2v) is 10.7. The molecular formula is C34H28N4O3. The molecule has 1 fully saturated rings. The summed E-state index contributed by atoms with van der Waals surface area (Å²) in [5.41, 5.74) is 7.21. The van der Waals surface area contributed by atoms with Gasteiger partial charge in [-0.1, -0.05) is 66.7 Å². The number of imide groups is 1. The number of nitrogens with one attached hydrogen (secondary N) is 2. The molecule has 4 amide bonds. The van der Waals surface area contributed by atoms with Gasteiger partial charge in [-0.25, -0.2) is 9.69 Å². The molecule has 2 atom stereocenters. The number of hydrogen-bond donors (Lipinski definition) is 2. The Morgan fingerprint density at radius 2 is 1.59 bits per heavy atom. The summed E-state index contributed by atoms with van der Waals surface area (Å²) in [6, 6.07) is 28.7. The Morgan fingerprint density at radius 1 is 0.854 bits per heavy atom. The molecule has 0 bridgehead atoms. The summed E-state index contributed by atoms with van der Waals surface area (Å²) >= 11 is 0. The lowest BCUT2D eigenvalue weighted by atomic mass is 9.89. The summed E-state index contributed by atoms with van der Waals surface area (Å²) in [4.78, 5) is 48.3. The Morgan fingerprint density at radius 3 is 2.39 bits per heavy atom. The minimum Gasteiger partial charge on any atom is -0.356 e. The fourth-order valence-electron chi connectivity index (χ4n) is 6.16. The number of nitrogens with zero attached hydrogens (tertiary/aromatic N) is 2. The number of H-pyrrole nitrogens is 1. The van der Waals surface area contributed by atoms with E-state index in [4.69, 9.17) is 0 Å². The predicted molar refractivity (Wildman–Crippen MR) is 159 cm³/mol. The number of rotatable bonds is 4. The van der Waals surface area contributed by atoms with Crippen molar-refractivity contribution in [3.05, 3.63) is 131 Å². The number of aromatic amines is 1. The van der Waals surface area contributed by atoms with Crippen LogP contribution in [-0.4, -0.2) is 33.8 Å². The number of anilines is 2. The van der Waals surface area contributed by atoms with Crippen LogP contribution < -0.4 is 10.2 Å². The first-order chi connectivity index (χ1) is 19.9. The van der Waals surface area contributed by atoms with Gasteiger partial charge in [-0.3, -0.25) is 14.5 Å². The van der Waals surface area contributed by atoms with E-state index in [-0.39, 0.29) is 23.1 Å². The second-order valence-electron chi connectivity index (χ2n) is 10.7. The molecule has 2 N–H and O–H groups in total. The minimum atomic E-state index is -0.699. The SMILES string of the molecule is Cc1ccc(NC(=O)c2ccccc2N2C(=O)[C@@H]3Cc4c([nH]c5ccccc45)[C@H](c4ccccc4)N3C2=O)cc1C. The summed E-state index contributed by atoms with van der Waals surface area (Å²) < 4.78 is 0. The summed E-state index contributed by atoms with van der Waals surface area (Å²) in [5, 5.41) is 3.99. The number of carbonyl (C=O) groups excluding carboxylic acids is 3. The third kappa shape index (κ3) is 3.92. The first-order valence-electron chi connectivity index (χ1n) is 13.7. The van der Waals surface area contributed by atoms with Gasteiger partial charge in [0, 0.05) is 28.7 Å². The maximum atomic E-state index is 14.3. The van der Waals surface area contributed by atoms with Crippen LogP contribution in [0.5, 0.6) is 0 Å². The molecule has 3 heterocycles. The van der Waals surface area contributed by atoms with Crippen molar-refractivity contribution in [1.29, 1.82) is 0 Å². The van der Waals surface area contributed by atoms with E-state index in [0.717, 1.165) is 38.9 Å². The number of urea groups is 1. The lowest BCUT2D eigenvalue weighted by Crippen LogP contribution is -2.44. The van der Waals surface area contributed by atoms with Crippen molar-refractivity contribution in [2.24, 2.45) is 0 Å². The van der Waals surface area contributed by atoms with Crippen LogP contribution in [-0.2, 0) is 11.2 Å². The van der Waals surface area contributed by atoms with Crippen LogP contribution in [0, 0.1) is 13.8 Å². The average molecular weight is 541 g/mol. The molecule has 41 heavy (non-hydrogen) atoms. The van der Waals surface area contributed by atoms with Gasteiger partial charge in [-0.2, -0.15) is 0 Å². The Kier molecular flexibility index (Phi) is 5.75. The zero-order chi connectivity index (χ0) is 28.2. The van der Waals surface area contributed by atoms with E-state index in [1.165, 1.54) is 4.90 Å². The van der Waals surface area contributed by atoms with Crippen molar-refractivity contribution in [3.63, 3.8) is 0 Å². The number of benzene rings is 4. The second kappa shape index (κ2) is 9.48. The van der Waals surface area contributed by atoms with Crippen molar-refractivity contribution in [2.45, 2.75) is 32.4 Å². The highest BCUT2D eigenvalue weighted by Crippen LogP contribution is 2.45. The van der Waals surface area contributed by atoms with Gasteiger partial charge in [0.25, 0.3) is 11.8 Å². The highest BCUT2D eigenvalue weighted by Gasteiger charge is 2.53. The van der Waals surface area contributed by atoms with Crippen molar-refractivity contribution >= 4 is 40.1 Å². The van der Waals surface area contributed by atoms with Gasteiger partial charge in [0.05, 0.1) is 11.3 Å². The van der Waals surface area contributed by atoms with Crippen LogP contribution in [0.3, 0.4) is 0 Å². The summed E-state index contributed by atoms with van der Waals surface area (Å²) in [5.74, 6) is -0.719. The number of aromatic nitrogens is 1. The van der Waals surface area contributed by atoms with Crippen molar-refractivity contribution < 1.29 is 14.4 Å². The van der Waals surface area contributed by atoms with Gasteiger partial charge in [-0.15, -0.1) is 0 Å². The Balaban J connectivity index is 1.30. The third-order valence-corrected chi connectivity index (χ3v) is 8.32. The molecule has 2 aliphatic rings.